The number of aromatic amines is 1. The molecule has 1 aromatic rings. The monoisotopic (exact) mass is 193 g/mol. The van der Waals surface area contributed by atoms with Gasteiger partial charge in [0.05, 0.1) is 0 Å². The fraction of sp³-hybridized carbons (Fsp3) is 0.714. The molecule has 1 N–H and O–H groups in total. The first-order valence-corrected chi connectivity index (χ1v) is 3.86. The fourth-order valence-corrected chi connectivity index (χ4v) is 0.837. The zero-order valence-electron chi connectivity index (χ0n) is 7.31. The molecule has 0 unspecified atom stereocenters. The molecular formula is C7H10F3N3. The van der Waals surface area contributed by atoms with Crippen LogP contribution in [0.1, 0.15) is 31.4 Å². The number of hydrogen-bond donors (Lipinski definition) is 1. The van der Waals surface area contributed by atoms with E-state index in [0.717, 1.165) is 0 Å². The van der Waals surface area contributed by atoms with Crippen molar-refractivity contribution in [1.29, 1.82) is 0 Å². The average molecular weight is 193 g/mol. The van der Waals surface area contributed by atoms with Crippen LogP contribution in [0, 0.1) is 0 Å². The summed E-state index contributed by atoms with van der Waals surface area (Å²) in [5.74, 6) is 0.327. The SMILES string of the molecule is CC(C)c1n[nH]c(CC(F)(F)F)n1. The van der Waals surface area contributed by atoms with E-state index in [-0.39, 0.29) is 11.7 Å². The molecule has 0 aromatic carbocycles. The first-order chi connectivity index (χ1) is 5.88. The largest absolute Gasteiger partial charge is 0.396 e. The predicted octanol–water partition coefficient (Wildman–Crippen LogP) is 2.03. The molecular weight excluding hydrogens is 183 g/mol. The first kappa shape index (κ1) is 10.0. The van der Waals surface area contributed by atoms with E-state index in [4.69, 9.17) is 0 Å². The van der Waals surface area contributed by atoms with Gasteiger partial charge in [0.15, 0.2) is 5.82 Å². The van der Waals surface area contributed by atoms with Crippen LogP contribution in [0.5, 0.6) is 0 Å². The Morgan fingerprint density at radius 2 is 2.00 bits per heavy atom. The van der Waals surface area contributed by atoms with E-state index < -0.39 is 12.6 Å². The molecule has 0 radical (unpaired) electrons. The highest BCUT2D eigenvalue weighted by Crippen LogP contribution is 2.19. The third-order valence-electron chi connectivity index (χ3n) is 1.43. The Labute approximate surface area is 73.4 Å². The van der Waals surface area contributed by atoms with Crippen molar-refractivity contribution in [3.8, 4) is 0 Å². The molecule has 1 rings (SSSR count). The second-order valence-corrected chi connectivity index (χ2v) is 3.09. The van der Waals surface area contributed by atoms with Gasteiger partial charge in [0.25, 0.3) is 0 Å². The second-order valence-electron chi connectivity index (χ2n) is 3.09. The zero-order valence-corrected chi connectivity index (χ0v) is 7.31. The number of rotatable bonds is 2. The fourth-order valence-electron chi connectivity index (χ4n) is 0.837. The summed E-state index contributed by atoms with van der Waals surface area (Å²) in [6, 6.07) is 0. The standard InChI is InChI=1S/C7H10F3N3/c1-4(2)6-11-5(12-13-6)3-7(8,9)10/h4H,3H2,1-2H3,(H,11,12,13). The number of nitrogens with one attached hydrogen (secondary N) is 1. The maximum absolute atomic E-state index is 11.9. The van der Waals surface area contributed by atoms with E-state index in [1.165, 1.54) is 0 Å². The molecule has 0 saturated heterocycles. The average Bonchev–Trinajstić information content (AvgIpc) is 2.31. The van der Waals surface area contributed by atoms with Gasteiger partial charge in [0, 0.05) is 5.92 Å². The molecule has 0 spiro atoms. The van der Waals surface area contributed by atoms with Gasteiger partial charge in [-0.2, -0.15) is 18.3 Å². The first-order valence-electron chi connectivity index (χ1n) is 3.86. The molecule has 0 atom stereocenters. The van der Waals surface area contributed by atoms with Gasteiger partial charge >= 0.3 is 6.18 Å². The van der Waals surface area contributed by atoms with Gasteiger partial charge in [-0.25, -0.2) is 4.98 Å². The molecule has 0 aliphatic rings. The van der Waals surface area contributed by atoms with E-state index in [1.807, 2.05) is 13.8 Å². The molecule has 0 amide bonds. The minimum absolute atomic E-state index is 0.0400. The summed E-state index contributed by atoms with van der Waals surface area (Å²) in [5.41, 5.74) is 0. The van der Waals surface area contributed by atoms with E-state index >= 15 is 0 Å². The number of H-pyrrole nitrogens is 1. The Morgan fingerprint density at radius 3 is 2.38 bits per heavy atom. The molecule has 0 fully saturated rings. The van der Waals surface area contributed by atoms with Gasteiger partial charge in [-0.3, -0.25) is 5.10 Å². The molecule has 74 valence electrons. The van der Waals surface area contributed by atoms with Crippen LogP contribution in [0.3, 0.4) is 0 Å². The van der Waals surface area contributed by atoms with Crippen LogP contribution in [0.25, 0.3) is 0 Å². The summed E-state index contributed by atoms with van der Waals surface area (Å²) in [4.78, 5) is 3.71. The lowest BCUT2D eigenvalue weighted by Gasteiger charge is -2.01. The summed E-state index contributed by atoms with van der Waals surface area (Å²) in [5, 5.41) is 5.93. The van der Waals surface area contributed by atoms with Crippen molar-refractivity contribution in [2.45, 2.75) is 32.4 Å². The molecule has 1 heterocycles. The molecule has 0 bridgehead atoms. The van der Waals surface area contributed by atoms with Crippen molar-refractivity contribution in [2.75, 3.05) is 0 Å². The van der Waals surface area contributed by atoms with Crippen molar-refractivity contribution in [3.63, 3.8) is 0 Å². The van der Waals surface area contributed by atoms with Crippen LogP contribution in [0.4, 0.5) is 13.2 Å². The summed E-state index contributed by atoms with van der Waals surface area (Å²) < 4.78 is 35.6. The highest BCUT2D eigenvalue weighted by atomic mass is 19.4. The Balaban J connectivity index is 2.70. The van der Waals surface area contributed by atoms with Crippen molar-refractivity contribution in [2.24, 2.45) is 0 Å². The summed E-state index contributed by atoms with van der Waals surface area (Å²) >= 11 is 0. The third-order valence-corrected chi connectivity index (χ3v) is 1.43. The minimum Gasteiger partial charge on any atom is -0.263 e. The van der Waals surface area contributed by atoms with Gasteiger partial charge in [0.1, 0.15) is 12.2 Å². The number of hydrogen-bond acceptors (Lipinski definition) is 2. The van der Waals surface area contributed by atoms with Gasteiger partial charge in [0.2, 0.25) is 0 Å². The molecule has 13 heavy (non-hydrogen) atoms. The molecule has 0 aliphatic heterocycles. The molecule has 1 aromatic heterocycles. The number of nitrogens with zero attached hydrogens (tertiary/aromatic N) is 2. The molecule has 6 heteroatoms. The van der Waals surface area contributed by atoms with Crippen LogP contribution in [-0.2, 0) is 6.42 Å². The molecule has 3 nitrogen and oxygen atoms in total. The van der Waals surface area contributed by atoms with E-state index in [2.05, 4.69) is 15.2 Å². The topological polar surface area (TPSA) is 41.6 Å². The van der Waals surface area contributed by atoms with Crippen LogP contribution in [-0.4, -0.2) is 21.4 Å². The Morgan fingerprint density at radius 1 is 1.38 bits per heavy atom. The highest BCUT2D eigenvalue weighted by Gasteiger charge is 2.29. The van der Waals surface area contributed by atoms with Gasteiger partial charge in [-0.15, -0.1) is 0 Å². The van der Waals surface area contributed by atoms with Crippen molar-refractivity contribution in [3.05, 3.63) is 11.6 Å². The normalized spacial score (nSPS) is 12.5. The van der Waals surface area contributed by atoms with Crippen LogP contribution in [0.2, 0.25) is 0 Å². The second kappa shape index (κ2) is 3.35. The molecule has 0 saturated carbocycles. The van der Waals surface area contributed by atoms with Gasteiger partial charge in [-0.05, 0) is 0 Å². The lowest BCUT2D eigenvalue weighted by atomic mass is 10.2. The minimum atomic E-state index is -4.23. The summed E-state index contributed by atoms with van der Waals surface area (Å²) in [6.45, 7) is 3.64. The lowest BCUT2D eigenvalue weighted by Crippen LogP contribution is -2.12. The Hall–Kier alpha value is -1.07. The summed E-state index contributed by atoms with van der Waals surface area (Å²) in [6.07, 6.45) is -5.28. The zero-order chi connectivity index (χ0) is 10.1. The van der Waals surface area contributed by atoms with Gasteiger partial charge < -0.3 is 0 Å². The smallest absolute Gasteiger partial charge is 0.263 e. The number of aromatic nitrogens is 3. The van der Waals surface area contributed by atoms with Crippen LogP contribution in [0.15, 0.2) is 0 Å². The number of halogens is 3. The number of alkyl halides is 3. The maximum Gasteiger partial charge on any atom is 0.396 e. The quantitative estimate of drug-likeness (QED) is 0.780. The summed E-state index contributed by atoms with van der Waals surface area (Å²) in [7, 11) is 0. The maximum atomic E-state index is 11.9. The van der Waals surface area contributed by atoms with E-state index in [1.54, 1.807) is 0 Å². The van der Waals surface area contributed by atoms with Crippen LogP contribution < -0.4 is 0 Å². The van der Waals surface area contributed by atoms with Crippen molar-refractivity contribution < 1.29 is 13.2 Å². The van der Waals surface area contributed by atoms with Crippen molar-refractivity contribution >= 4 is 0 Å². The lowest BCUT2D eigenvalue weighted by molar-refractivity contribution is -0.128. The van der Waals surface area contributed by atoms with Gasteiger partial charge in [-0.1, -0.05) is 13.8 Å². The van der Waals surface area contributed by atoms with Crippen molar-refractivity contribution in [1.82, 2.24) is 15.2 Å². The highest BCUT2D eigenvalue weighted by molar-refractivity contribution is 4.95. The predicted molar refractivity (Wildman–Crippen MR) is 40.2 cm³/mol. The van der Waals surface area contributed by atoms with E-state index in [0.29, 0.717) is 5.82 Å². The molecule has 0 aliphatic carbocycles. The van der Waals surface area contributed by atoms with E-state index in [9.17, 15) is 13.2 Å². The van der Waals surface area contributed by atoms with Crippen LogP contribution >= 0.6 is 0 Å². The Bertz CT molecular complexity index is 277. The third kappa shape index (κ3) is 3.04. The Kier molecular flexibility index (Phi) is 2.58.